The van der Waals surface area contributed by atoms with E-state index < -0.39 is 5.91 Å². The first-order valence-electron chi connectivity index (χ1n) is 7.21. The predicted molar refractivity (Wildman–Crippen MR) is 96.1 cm³/mol. The fourth-order valence-electron chi connectivity index (χ4n) is 2.22. The Kier molecular flexibility index (Phi) is 4.78. The lowest BCUT2D eigenvalue weighted by Gasteiger charge is -2.09. The predicted octanol–water partition coefficient (Wildman–Crippen LogP) is 3.57. The van der Waals surface area contributed by atoms with Crippen molar-refractivity contribution >= 4 is 34.0 Å². The van der Waals surface area contributed by atoms with Gasteiger partial charge in [-0.3, -0.25) is 14.9 Å². The number of halogens is 1. The van der Waals surface area contributed by atoms with E-state index in [-0.39, 0.29) is 11.1 Å². The van der Waals surface area contributed by atoms with E-state index in [4.69, 9.17) is 11.6 Å². The first-order chi connectivity index (χ1) is 11.5. The quantitative estimate of drug-likeness (QED) is 0.774. The van der Waals surface area contributed by atoms with Gasteiger partial charge >= 0.3 is 0 Å². The summed E-state index contributed by atoms with van der Waals surface area (Å²) in [7, 11) is 0. The number of amides is 1. The van der Waals surface area contributed by atoms with Crippen LogP contribution in [0.4, 0.5) is 5.13 Å². The minimum atomic E-state index is -0.470. The number of carbonyl (C=O) groups excluding carboxylic acids is 1. The molecule has 0 bridgehead atoms. The average molecular weight is 360 g/mol. The Morgan fingerprint density at radius 1 is 1.29 bits per heavy atom. The van der Waals surface area contributed by atoms with Gasteiger partial charge in [0.05, 0.1) is 12.2 Å². The molecule has 2 heterocycles. The third-order valence-corrected chi connectivity index (χ3v) is 4.65. The average Bonchev–Trinajstić information content (AvgIpc) is 2.96. The van der Waals surface area contributed by atoms with Gasteiger partial charge in [-0.05, 0) is 30.7 Å². The molecule has 1 amide bonds. The summed E-state index contributed by atoms with van der Waals surface area (Å²) < 4.78 is 1.46. The zero-order valence-electron chi connectivity index (χ0n) is 12.8. The number of thiazole rings is 1. The second-order valence-electron chi connectivity index (χ2n) is 5.19. The fourth-order valence-corrected chi connectivity index (χ4v) is 3.10. The molecule has 0 radical (unpaired) electrons. The van der Waals surface area contributed by atoms with Crippen molar-refractivity contribution < 1.29 is 4.79 Å². The maximum atomic E-state index is 12.6. The molecule has 1 N–H and O–H groups in total. The molecule has 3 aromatic rings. The van der Waals surface area contributed by atoms with E-state index in [1.807, 2.05) is 30.5 Å². The molecule has 3 rings (SSSR count). The lowest BCUT2D eigenvalue weighted by Crippen LogP contribution is -2.29. The van der Waals surface area contributed by atoms with E-state index in [2.05, 4.69) is 10.3 Å². The molecule has 0 aliphatic carbocycles. The number of anilines is 1. The third-order valence-electron chi connectivity index (χ3n) is 3.40. The van der Waals surface area contributed by atoms with Gasteiger partial charge in [0.25, 0.3) is 11.5 Å². The fraction of sp³-hybridized carbons (Fsp3) is 0.118. The molecular formula is C17H14ClN3O2S. The van der Waals surface area contributed by atoms with Crippen molar-refractivity contribution in [1.82, 2.24) is 9.55 Å². The van der Waals surface area contributed by atoms with E-state index >= 15 is 0 Å². The van der Waals surface area contributed by atoms with Crippen molar-refractivity contribution in [2.75, 3.05) is 5.32 Å². The van der Waals surface area contributed by atoms with E-state index in [1.54, 1.807) is 18.3 Å². The first kappa shape index (κ1) is 16.4. The Balaban J connectivity index is 1.87. The van der Waals surface area contributed by atoms with Crippen LogP contribution in [-0.2, 0) is 6.54 Å². The van der Waals surface area contributed by atoms with Crippen molar-refractivity contribution in [2.24, 2.45) is 0 Å². The van der Waals surface area contributed by atoms with Gasteiger partial charge in [0.2, 0.25) is 0 Å². The highest BCUT2D eigenvalue weighted by Crippen LogP contribution is 2.16. The van der Waals surface area contributed by atoms with Crippen LogP contribution in [0.5, 0.6) is 0 Å². The normalized spacial score (nSPS) is 10.6. The summed E-state index contributed by atoms with van der Waals surface area (Å²) in [4.78, 5) is 29.1. The van der Waals surface area contributed by atoms with E-state index in [0.29, 0.717) is 16.7 Å². The second kappa shape index (κ2) is 6.98. The number of aryl methyl sites for hydroxylation is 1. The van der Waals surface area contributed by atoms with Gasteiger partial charge in [-0.15, -0.1) is 11.3 Å². The summed E-state index contributed by atoms with van der Waals surface area (Å²) in [6.07, 6.45) is 1.63. The topological polar surface area (TPSA) is 64.0 Å². The van der Waals surface area contributed by atoms with E-state index in [1.165, 1.54) is 22.0 Å². The lowest BCUT2D eigenvalue weighted by molar-refractivity contribution is 0.102. The van der Waals surface area contributed by atoms with Crippen LogP contribution >= 0.6 is 22.9 Å². The number of hydrogen-bond acceptors (Lipinski definition) is 4. The number of carbonyl (C=O) groups is 1. The Labute approximate surface area is 147 Å². The smallest absolute Gasteiger partial charge is 0.263 e. The van der Waals surface area contributed by atoms with E-state index in [0.717, 1.165) is 11.3 Å². The SMILES string of the molecule is Cc1csc(NC(=O)c2cccn(Cc3ccccc3Cl)c2=O)n1. The van der Waals surface area contributed by atoms with Gasteiger partial charge in [0.1, 0.15) is 5.56 Å². The van der Waals surface area contributed by atoms with Crippen LogP contribution in [0, 0.1) is 6.92 Å². The lowest BCUT2D eigenvalue weighted by atomic mass is 10.2. The molecule has 0 saturated carbocycles. The van der Waals surface area contributed by atoms with Crippen molar-refractivity contribution in [3.63, 3.8) is 0 Å². The molecule has 0 aliphatic rings. The number of benzene rings is 1. The molecule has 1 aromatic carbocycles. The maximum Gasteiger partial charge on any atom is 0.263 e. The molecular weight excluding hydrogens is 346 g/mol. The van der Waals surface area contributed by atoms with Crippen LogP contribution in [0.15, 0.2) is 52.8 Å². The number of rotatable bonds is 4. The molecule has 0 saturated heterocycles. The van der Waals surface area contributed by atoms with Crippen LogP contribution in [-0.4, -0.2) is 15.5 Å². The summed E-state index contributed by atoms with van der Waals surface area (Å²) in [6.45, 7) is 2.14. The molecule has 24 heavy (non-hydrogen) atoms. The zero-order valence-corrected chi connectivity index (χ0v) is 14.4. The molecule has 0 aliphatic heterocycles. The van der Waals surface area contributed by atoms with Gasteiger partial charge in [-0.25, -0.2) is 4.98 Å². The molecule has 5 nitrogen and oxygen atoms in total. The summed E-state index contributed by atoms with van der Waals surface area (Å²) in [5.74, 6) is -0.470. The van der Waals surface area contributed by atoms with Crippen molar-refractivity contribution in [1.29, 1.82) is 0 Å². The summed E-state index contributed by atoms with van der Waals surface area (Å²) in [6, 6.07) is 10.5. The molecule has 2 aromatic heterocycles. The van der Waals surface area contributed by atoms with Gasteiger partial charge in [0.15, 0.2) is 5.13 Å². The number of nitrogens with zero attached hydrogens (tertiary/aromatic N) is 2. The summed E-state index contributed by atoms with van der Waals surface area (Å²) in [5.41, 5.74) is 1.33. The van der Waals surface area contributed by atoms with Crippen LogP contribution in [0.25, 0.3) is 0 Å². The molecule has 0 fully saturated rings. The number of aromatic nitrogens is 2. The standard InChI is InChI=1S/C17H14ClN3O2S/c1-11-10-24-17(19-11)20-15(22)13-6-4-8-21(16(13)23)9-12-5-2-3-7-14(12)18/h2-8,10H,9H2,1H3,(H,19,20,22). The van der Waals surface area contributed by atoms with Gasteiger partial charge in [-0.2, -0.15) is 0 Å². The first-order valence-corrected chi connectivity index (χ1v) is 8.46. The van der Waals surface area contributed by atoms with Crippen molar-refractivity contribution in [3.05, 3.63) is 80.2 Å². The van der Waals surface area contributed by atoms with Gasteiger partial charge < -0.3 is 4.57 Å². The minimum absolute atomic E-state index is 0.0670. The Morgan fingerprint density at radius 2 is 2.08 bits per heavy atom. The molecule has 0 spiro atoms. The second-order valence-corrected chi connectivity index (χ2v) is 6.46. The molecule has 0 unspecified atom stereocenters. The van der Waals surface area contributed by atoms with Crippen LogP contribution < -0.4 is 10.9 Å². The highest BCUT2D eigenvalue weighted by Gasteiger charge is 2.14. The largest absolute Gasteiger partial charge is 0.310 e. The van der Waals surface area contributed by atoms with Crippen LogP contribution in [0.2, 0.25) is 5.02 Å². The Bertz CT molecular complexity index is 949. The van der Waals surface area contributed by atoms with Gasteiger partial charge in [-0.1, -0.05) is 29.8 Å². The van der Waals surface area contributed by atoms with Gasteiger partial charge in [0, 0.05) is 16.6 Å². The summed E-state index contributed by atoms with van der Waals surface area (Å²) >= 11 is 7.45. The monoisotopic (exact) mass is 359 g/mol. The maximum absolute atomic E-state index is 12.6. The highest BCUT2D eigenvalue weighted by atomic mass is 35.5. The molecule has 7 heteroatoms. The van der Waals surface area contributed by atoms with Crippen LogP contribution in [0.3, 0.4) is 0 Å². The zero-order chi connectivity index (χ0) is 17.1. The highest BCUT2D eigenvalue weighted by molar-refractivity contribution is 7.13. The third kappa shape index (κ3) is 3.55. The number of pyridine rings is 1. The molecule has 122 valence electrons. The van der Waals surface area contributed by atoms with Crippen LogP contribution in [0.1, 0.15) is 21.6 Å². The van der Waals surface area contributed by atoms with Crippen molar-refractivity contribution in [3.8, 4) is 0 Å². The van der Waals surface area contributed by atoms with E-state index in [9.17, 15) is 9.59 Å². The Morgan fingerprint density at radius 3 is 2.79 bits per heavy atom. The number of hydrogen-bond donors (Lipinski definition) is 1. The molecule has 0 atom stereocenters. The minimum Gasteiger partial charge on any atom is -0.310 e. The van der Waals surface area contributed by atoms with Crippen molar-refractivity contribution in [2.45, 2.75) is 13.5 Å². The Hall–Kier alpha value is -2.44. The summed E-state index contributed by atoms with van der Waals surface area (Å²) in [5, 5.41) is 5.53. The number of nitrogens with one attached hydrogen (secondary N) is 1.